The number of hydrogen-bond acceptors (Lipinski definition) is 3. The van der Waals surface area contributed by atoms with E-state index in [1.165, 1.54) is 11.8 Å². The first-order valence-electron chi connectivity index (χ1n) is 5.68. The second kappa shape index (κ2) is 4.92. The van der Waals surface area contributed by atoms with Gasteiger partial charge in [-0.1, -0.05) is 37.3 Å². The molecule has 1 aliphatic heterocycles. The van der Waals surface area contributed by atoms with Crippen LogP contribution in [0.5, 0.6) is 0 Å². The Morgan fingerprint density at radius 2 is 2.00 bits per heavy atom. The van der Waals surface area contributed by atoms with Crippen LogP contribution in [0.15, 0.2) is 30.3 Å². The smallest absolute Gasteiger partial charge is 0.243 e. The minimum atomic E-state index is -0.491. The first-order chi connectivity index (χ1) is 8.16. The molecule has 0 saturated carbocycles. The van der Waals surface area contributed by atoms with Crippen molar-refractivity contribution in [1.29, 1.82) is 0 Å². The van der Waals surface area contributed by atoms with Crippen LogP contribution in [0.3, 0.4) is 0 Å². The average molecular weight is 249 g/mol. The molecule has 0 spiro atoms. The van der Waals surface area contributed by atoms with E-state index >= 15 is 0 Å². The van der Waals surface area contributed by atoms with Gasteiger partial charge in [-0.05, 0) is 18.4 Å². The maximum atomic E-state index is 12.0. The lowest BCUT2D eigenvalue weighted by atomic mass is 9.94. The molecule has 1 atom stereocenters. The molecule has 1 saturated heterocycles. The van der Waals surface area contributed by atoms with Gasteiger partial charge in [-0.3, -0.25) is 14.9 Å². The zero-order valence-electron chi connectivity index (χ0n) is 9.73. The predicted octanol–water partition coefficient (Wildman–Crippen LogP) is 1.77. The van der Waals surface area contributed by atoms with Crippen molar-refractivity contribution in [3.05, 3.63) is 35.9 Å². The summed E-state index contributed by atoms with van der Waals surface area (Å²) in [6.07, 6.45) is 1.40. The molecule has 1 aromatic rings. The molecule has 1 aliphatic rings. The summed E-state index contributed by atoms with van der Waals surface area (Å²) < 4.78 is -0.491. The molecule has 1 heterocycles. The number of imide groups is 1. The quantitative estimate of drug-likeness (QED) is 0.830. The Kier molecular flexibility index (Phi) is 3.52. The van der Waals surface area contributed by atoms with E-state index in [4.69, 9.17) is 0 Å². The van der Waals surface area contributed by atoms with E-state index in [1.807, 2.05) is 37.3 Å². The van der Waals surface area contributed by atoms with Crippen molar-refractivity contribution in [2.75, 3.05) is 5.75 Å². The monoisotopic (exact) mass is 249 g/mol. The SMILES string of the molecule is CC[C@@]1(Cc2ccccc2)SCC(=O)NC1=O. The second-order valence-corrected chi connectivity index (χ2v) is 5.54. The van der Waals surface area contributed by atoms with Gasteiger partial charge >= 0.3 is 0 Å². The molecule has 1 aromatic carbocycles. The van der Waals surface area contributed by atoms with Gasteiger partial charge in [0.05, 0.1) is 10.5 Å². The van der Waals surface area contributed by atoms with Crippen LogP contribution in [0.25, 0.3) is 0 Å². The van der Waals surface area contributed by atoms with Crippen LogP contribution in [0.1, 0.15) is 18.9 Å². The summed E-state index contributed by atoms with van der Waals surface area (Å²) in [6.45, 7) is 1.99. The molecule has 0 unspecified atom stereocenters. The molecule has 0 radical (unpaired) electrons. The zero-order chi connectivity index (χ0) is 12.3. The summed E-state index contributed by atoms with van der Waals surface area (Å²) >= 11 is 1.46. The van der Waals surface area contributed by atoms with Crippen molar-refractivity contribution in [2.45, 2.75) is 24.5 Å². The lowest BCUT2D eigenvalue weighted by Crippen LogP contribution is -2.53. The number of benzene rings is 1. The average Bonchev–Trinajstić information content (AvgIpc) is 2.34. The Hall–Kier alpha value is -1.29. The summed E-state index contributed by atoms with van der Waals surface area (Å²) in [5, 5.41) is 2.44. The predicted molar refractivity (Wildman–Crippen MR) is 68.8 cm³/mol. The lowest BCUT2D eigenvalue weighted by Gasteiger charge is -2.33. The number of amides is 2. The van der Waals surface area contributed by atoms with Crippen LogP contribution >= 0.6 is 11.8 Å². The number of carbonyl (C=O) groups excluding carboxylic acids is 2. The number of hydrogen-bond donors (Lipinski definition) is 1. The largest absolute Gasteiger partial charge is 0.295 e. The third-order valence-corrected chi connectivity index (χ3v) is 4.63. The Morgan fingerprint density at radius 1 is 1.29 bits per heavy atom. The van der Waals surface area contributed by atoms with Gasteiger partial charge in [0, 0.05) is 0 Å². The number of nitrogens with one attached hydrogen (secondary N) is 1. The van der Waals surface area contributed by atoms with Gasteiger partial charge in [0.2, 0.25) is 11.8 Å². The Balaban J connectivity index is 2.20. The zero-order valence-corrected chi connectivity index (χ0v) is 10.5. The minimum Gasteiger partial charge on any atom is -0.295 e. The molecule has 90 valence electrons. The van der Waals surface area contributed by atoms with Gasteiger partial charge in [-0.15, -0.1) is 11.8 Å². The fraction of sp³-hybridized carbons (Fsp3) is 0.385. The minimum absolute atomic E-state index is 0.148. The Bertz CT molecular complexity index is 432. The highest BCUT2D eigenvalue weighted by Crippen LogP contribution is 2.35. The molecular weight excluding hydrogens is 234 g/mol. The van der Waals surface area contributed by atoms with Gasteiger partial charge < -0.3 is 0 Å². The summed E-state index contributed by atoms with van der Waals surface area (Å²) in [7, 11) is 0. The molecule has 3 nitrogen and oxygen atoms in total. The highest BCUT2D eigenvalue weighted by Gasteiger charge is 2.41. The normalized spacial score (nSPS) is 24.5. The highest BCUT2D eigenvalue weighted by atomic mass is 32.2. The summed E-state index contributed by atoms with van der Waals surface area (Å²) in [4.78, 5) is 23.2. The Labute approximate surface area is 105 Å². The molecule has 1 fully saturated rings. The molecular formula is C13H15NO2S. The van der Waals surface area contributed by atoms with Crippen molar-refractivity contribution in [3.8, 4) is 0 Å². The summed E-state index contributed by atoms with van der Waals surface area (Å²) in [5.74, 6) is 0.0362. The fourth-order valence-electron chi connectivity index (χ4n) is 1.99. The molecule has 2 rings (SSSR count). The topological polar surface area (TPSA) is 46.2 Å². The van der Waals surface area contributed by atoms with Gasteiger partial charge in [-0.25, -0.2) is 0 Å². The molecule has 0 aromatic heterocycles. The van der Waals surface area contributed by atoms with Gasteiger partial charge in [-0.2, -0.15) is 0 Å². The standard InChI is InChI=1S/C13H15NO2S/c1-2-13(8-10-6-4-3-5-7-10)12(16)14-11(15)9-17-13/h3-7H,2,8-9H2,1H3,(H,14,15,16)/t13-/m0/s1. The second-order valence-electron chi connectivity index (χ2n) is 4.18. The van der Waals surface area contributed by atoms with E-state index in [1.54, 1.807) is 0 Å². The van der Waals surface area contributed by atoms with E-state index in [-0.39, 0.29) is 11.8 Å². The number of thioether (sulfide) groups is 1. The van der Waals surface area contributed by atoms with Crippen LogP contribution in [0.4, 0.5) is 0 Å². The maximum absolute atomic E-state index is 12.0. The summed E-state index contributed by atoms with van der Waals surface area (Å²) in [5.41, 5.74) is 1.13. The van der Waals surface area contributed by atoms with Gasteiger partial charge in [0.1, 0.15) is 0 Å². The molecule has 1 N–H and O–H groups in total. The van der Waals surface area contributed by atoms with Crippen molar-refractivity contribution in [1.82, 2.24) is 5.32 Å². The van der Waals surface area contributed by atoms with E-state index in [0.717, 1.165) is 12.0 Å². The van der Waals surface area contributed by atoms with E-state index in [2.05, 4.69) is 5.32 Å². The van der Waals surface area contributed by atoms with Crippen molar-refractivity contribution in [2.24, 2.45) is 0 Å². The third kappa shape index (κ3) is 2.52. The van der Waals surface area contributed by atoms with E-state index < -0.39 is 4.75 Å². The molecule has 0 aliphatic carbocycles. The number of rotatable bonds is 3. The fourth-order valence-corrected chi connectivity index (χ4v) is 3.12. The Morgan fingerprint density at radius 3 is 2.59 bits per heavy atom. The maximum Gasteiger partial charge on any atom is 0.243 e. The van der Waals surface area contributed by atoms with Gasteiger partial charge in [0.25, 0.3) is 0 Å². The van der Waals surface area contributed by atoms with Crippen molar-refractivity contribution >= 4 is 23.6 Å². The van der Waals surface area contributed by atoms with Crippen LogP contribution in [0, 0.1) is 0 Å². The third-order valence-electron chi connectivity index (χ3n) is 3.05. The van der Waals surface area contributed by atoms with Crippen molar-refractivity contribution < 1.29 is 9.59 Å². The lowest BCUT2D eigenvalue weighted by molar-refractivity contribution is -0.131. The highest BCUT2D eigenvalue weighted by molar-refractivity contribution is 8.02. The van der Waals surface area contributed by atoms with Crippen LogP contribution in [-0.4, -0.2) is 22.3 Å². The molecule has 2 amide bonds. The molecule has 17 heavy (non-hydrogen) atoms. The molecule has 0 bridgehead atoms. The van der Waals surface area contributed by atoms with Crippen LogP contribution < -0.4 is 5.32 Å². The first kappa shape index (κ1) is 12.2. The molecule has 4 heteroatoms. The van der Waals surface area contributed by atoms with Crippen molar-refractivity contribution in [3.63, 3.8) is 0 Å². The van der Waals surface area contributed by atoms with E-state index in [0.29, 0.717) is 12.2 Å². The number of carbonyl (C=O) groups is 2. The van der Waals surface area contributed by atoms with Gasteiger partial charge in [0.15, 0.2) is 0 Å². The van der Waals surface area contributed by atoms with E-state index in [9.17, 15) is 9.59 Å². The van der Waals surface area contributed by atoms with Crippen LogP contribution in [0.2, 0.25) is 0 Å². The first-order valence-corrected chi connectivity index (χ1v) is 6.67. The summed E-state index contributed by atoms with van der Waals surface area (Å²) in [6, 6.07) is 9.92. The van der Waals surface area contributed by atoms with Crippen LogP contribution in [-0.2, 0) is 16.0 Å².